The first-order valence-corrected chi connectivity index (χ1v) is 9.70. The van der Waals surface area contributed by atoms with Gasteiger partial charge >= 0.3 is 0 Å². The Morgan fingerprint density at radius 3 is 2.33 bits per heavy atom. The van der Waals surface area contributed by atoms with Gasteiger partial charge in [0.25, 0.3) is 0 Å². The van der Waals surface area contributed by atoms with Crippen LogP contribution in [0.3, 0.4) is 0 Å². The van der Waals surface area contributed by atoms with Crippen LogP contribution in [-0.4, -0.2) is 53.3 Å². The van der Waals surface area contributed by atoms with E-state index in [1.54, 1.807) is 0 Å². The summed E-state index contributed by atoms with van der Waals surface area (Å²) in [5.41, 5.74) is -3.84. The molecule has 0 aliphatic heterocycles. The van der Waals surface area contributed by atoms with Crippen molar-refractivity contribution in [1.82, 2.24) is 4.90 Å². The van der Waals surface area contributed by atoms with Gasteiger partial charge in [-0.3, -0.25) is 0 Å². The summed E-state index contributed by atoms with van der Waals surface area (Å²) in [5, 5.41) is 10.7. The van der Waals surface area contributed by atoms with Crippen LogP contribution in [0.25, 0.3) is 0 Å². The van der Waals surface area contributed by atoms with Crippen molar-refractivity contribution in [3.63, 3.8) is 0 Å². The Hall–Kier alpha value is -2.91. The maximum atomic E-state index is 10.7. The Morgan fingerprint density at radius 2 is 1.67 bits per heavy atom. The molecule has 0 amide bonds. The van der Waals surface area contributed by atoms with Crippen molar-refractivity contribution in [3.05, 3.63) is 47.5 Å². The minimum absolute atomic E-state index is 0.0245. The van der Waals surface area contributed by atoms with Crippen molar-refractivity contribution in [2.24, 2.45) is 5.92 Å². The van der Waals surface area contributed by atoms with Gasteiger partial charge in [0.2, 0.25) is 0 Å². The number of nitrogens with zero attached hydrogens (tertiary/aromatic N) is 2. The largest absolute Gasteiger partial charge is 0.493 e. The number of rotatable bonds is 13. The average molecular weight is 473 g/mol. The number of methoxy groups -OCH3 is 4. The van der Waals surface area contributed by atoms with Gasteiger partial charge in [-0.1, -0.05) is 25.8 Å². The fourth-order valence-electron chi connectivity index (χ4n) is 3.00. The summed E-state index contributed by atoms with van der Waals surface area (Å²) in [6, 6.07) is 8.05. The van der Waals surface area contributed by atoms with Crippen LogP contribution < -0.4 is 18.9 Å². The van der Waals surface area contributed by atoms with Crippen molar-refractivity contribution in [3.8, 4) is 29.1 Å². The Labute approximate surface area is 224 Å². The molecule has 6 heteroatoms. The Kier molecular flexibility index (Phi) is 3.96. The quantitative estimate of drug-likeness (QED) is 0.404. The molecule has 0 fully saturated rings. The molecule has 0 spiro atoms. The Morgan fingerprint density at radius 1 is 1.00 bits per heavy atom. The molecule has 0 aliphatic carbocycles. The van der Waals surface area contributed by atoms with Crippen LogP contribution in [-0.2, 0) is 11.8 Å². The summed E-state index contributed by atoms with van der Waals surface area (Å²) in [6.45, 7) is -11.1. The van der Waals surface area contributed by atoms with E-state index in [0.717, 1.165) is 44.5 Å². The van der Waals surface area contributed by atoms with Crippen LogP contribution in [0.2, 0.25) is 0 Å². The molecule has 0 N–H and O–H groups in total. The van der Waals surface area contributed by atoms with Gasteiger partial charge in [-0.25, -0.2) is 0 Å². The molecule has 0 heterocycles. The molecule has 2 rings (SSSR count). The van der Waals surface area contributed by atoms with Crippen LogP contribution in [0.1, 0.15) is 62.3 Å². The fraction of sp³-hybridized carbons (Fsp3) is 0.519. The molecule has 2 aromatic rings. The average Bonchev–Trinajstić information content (AvgIpc) is 2.96. The Bertz CT molecular complexity index is 1550. The van der Waals surface area contributed by atoms with Crippen LogP contribution in [0.5, 0.6) is 23.0 Å². The molecule has 0 radical (unpaired) electrons. The van der Waals surface area contributed by atoms with Crippen molar-refractivity contribution < 1.29 is 43.6 Å². The molecule has 33 heavy (non-hydrogen) atoms. The van der Waals surface area contributed by atoms with Gasteiger partial charge in [-0.2, -0.15) is 5.26 Å². The molecule has 0 bridgehead atoms. The third kappa shape index (κ3) is 6.33. The summed E-state index contributed by atoms with van der Waals surface area (Å²) in [7, 11) is -2.54. The molecule has 0 saturated heterocycles. The van der Waals surface area contributed by atoms with E-state index in [9.17, 15) is 5.26 Å². The first-order valence-electron chi connectivity index (χ1n) is 18.7. The van der Waals surface area contributed by atoms with Gasteiger partial charge < -0.3 is 23.8 Å². The minimum atomic E-state index is -3.94. The molecule has 2 aromatic carbocycles. The number of likely N-dealkylation sites (N-methyl/N-ethyl adjacent to an activating group) is 1. The number of benzene rings is 2. The molecule has 1 atom stereocenters. The van der Waals surface area contributed by atoms with Crippen LogP contribution >= 0.6 is 0 Å². The minimum Gasteiger partial charge on any atom is -0.493 e. The predicted molar refractivity (Wildman–Crippen MR) is 132 cm³/mol. The first-order chi connectivity index (χ1) is 22.8. The maximum absolute atomic E-state index is 10.7. The van der Waals surface area contributed by atoms with Crippen LogP contribution in [0.4, 0.5) is 0 Å². The van der Waals surface area contributed by atoms with E-state index in [1.807, 2.05) is 0 Å². The van der Waals surface area contributed by atoms with Crippen molar-refractivity contribution in [2.45, 2.75) is 38.3 Å². The van der Waals surface area contributed by atoms with Crippen LogP contribution in [0.15, 0.2) is 36.4 Å². The lowest BCUT2D eigenvalue weighted by molar-refractivity contribution is 0.292. The molecule has 6 nitrogen and oxygen atoms in total. The lowest BCUT2D eigenvalue weighted by Gasteiger charge is -2.32. The van der Waals surface area contributed by atoms with E-state index in [4.69, 9.17) is 43.6 Å². The number of hydrogen-bond donors (Lipinski definition) is 0. The zero-order valence-corrected chi connectivity index (χ0v) is 18.5. The molecule has 0 saturated carbocycles. The van der Waals surface area contributed by atoms with Gasteiger partial charge in [-0.15, -0.1) is 0 Å². The normalized spacial score (nSPS) is 23.8. The van der Waals surface area contributed by atoms with Gasteiger partial charge in [0.15, 0.2) is 23.0 Å². The van der Waals surface area contributed by atoms with E-state index < -0.39 is 82.0 Å². The third-order valence-corrected chi connectivity index (χ3v) is 4.92. The monoisotopic (exact) mass is 472 g/mol. The Balaban J connectivity index is 2.74. The number of hydrogen-bond acceptors (Lipinski definition) is 6. The van der Waals surface area contributed by atoms with Gasteiger partial charge in [0.05, 0.1) is 48.0 Å². The summed E-state index contributed by atoms with van der Waals surface area (Å²) in [4.78, 5) is 0.707. The van der Waals surface area contributed by atoms with Gasteiger partial charge in [-0.05, 0) is 74.0 Å². The highest BCUT2D eigenvalue weighted by molar-refractivity contribution is 5.47. The second kappa shape index (κ2) is 12.4. The van der Waals surface area contributed by atoms with Gasteiger partial charge in [0.1, 0.15) is 0 Å². The molecule has 180 valence electrons. The van der Waals surface area contributed by atoms with E-state index >= 15 is 0 Å². The second-order valence-corrected chi connectivity index (χ2v) is 6.94. The predicted octanol–water partition coefficient (Wildman–Crippen LogP) is 5.09. The smallest absolute Gasteiger partial charge is 0.161 e. The highest BCUT2D eigenvalue weighted by atomic mass is 16.5. The number of nitriles is 1. The molecular formula is C27H38N2O4. The van der Waals surface area contributed by atoms with E-state index in [-0.39, 0.29) is 23.5 Å². The summed E-state index contributed by atoms with van der Waals surface area (Å²) >= 11 is 0. The molecule has 1 unspecified atom stereocenters. The summed E-state index contributed by atoms with van der Waals surface area (Å²) < 4.78 is 167. The third-order valence-electron chi connectivity index (χ3n) is 4.92. The van der Waals surface area contributed by atoms with Crippen molar-refractivity contribution in [2.75, 3.05) is 48.4 Å². The van der Waals surface area contributed by atoms with Crippen LogP contribution in [0, 0.1) is 17.2 Å². The van der Waals surface area contributed by atoms with E-state index in [0.29, 0.717) is 4.90 Å². The highest BCUT2D eigenvalue weighted by Gasteiger charge is 2.36. The van der Waals surface area contributed by atoms with E-state index in [2.05, 4.69) is 0 Å². The number of ether oxygens (including phenoxy) is 4. The lowest BCUT2D eigenvalue weighted by atomic mass is 9.69. The van der Waals surface area contributed by atoms with Crippen molar-refractivity contribution in [1.29, 1.82) is 5.26 Å². The fourth-order valence-corrected chi connectivity index (χ4v) is 3.00. The lowest BCUT2D eigenvalue weighted by Crippen LogP contribution is -2.32. The standard InChI is InChI=1S/C27H38N2O4/c1-20(2)27(19-28,22-10-12-24(31-5)26(18-22)33-7)14-8-15-29(3)16-13-21-9-11-23(30-4)25(17-21)32-6/h9-12,17-18,20H,8,13-16H2,1-7H3/i1D3,2D3,4D3,6D3,8D2,14D2,15D2. The topological polar surface area (TPSA) is 64.0 Å². The zero-order valence-electron chi connectivity index (χ0n) is 36.5. The van der Waals surface area contributed by atoms with Crippen molar-refractivity contribution >= 4 is 0 Å². The SMILES string of the molecule is [2H]C([2H])([2H])Oc1ccc(CCN(C)C([2H])([2H])C([2H])([2H])C([2H])([2H])C(C#N)(c2ccc(OC)c(OC)c2)C(C([2H])([2H])[2H])C([2H])([2H])[2H])cc1OC([2H])([2H])[2H]. The highest BCUT2D eigenvalue weighted by Crippen LogP contribution is 2.40. The summed E-state index contributed by atoms with van der Waals surface area (Å²) in [6.07, 6.45) is -8.00. The zero-order chi connectivity index (χ0) is 39.8. The molecule has 0 aliphatic rings. The first kappa shape index (κ1) is 10.6. The van der Waals surface area contributed by atoms with Gasteiger partial charge in [0, 0.05) is 23.0 Å². The molecular weight excluding hydrogens is 416 g/mol. The summed E-state index contributed by atoms with van der Waals surface area (Å²) in [5.74, 6) is -3.99. The maximum Gasteiger partial charge on any atom is 0.161 e. The molecule has 0 aromatic heterocycles. The second-order valence-electron chi connectivity index (χ2n) is 6.94. The van der Waals surface area contributed by atoms with E-state index in [1.165, 1.54) is 19.2 Å².